The standard InChI is InChI=1S/C14H18N4O2/c1-5-18-14(20)12(10(3)16-18)8-6-7-11-9(2)15-17(4)13(11)19/h6-8,15H,5H2,1-4H3. The predicted molar refractivity (Wildman–Crippen MR) is 78.4 cm³/mol. The summed E-state index contributed by atoms with van der Waals surface area (Å²) in [6, 6.07) is 0. The minimum atomic E-state index is -0.103. The van der Waals surface area contributed by atoms with E-state index in [2.05, 4.69) is 10.2 Å². The van der Waals surface area contributed by atoms with E-state index in [0.29, 0.717) is 23.4 Å². The molecule has 1 aromatic rings. The lowest BCUT2D eigenvalue weighted by Gasteiger charge is -2.06. The Hall–Kier alpha value is -2.37. The number of H-pyrrole nitrogens is 1. The first-order valence-electron chi connectivity index (χ1n) is 6.47. The summed E-state index contributed by atoms with van der Waals surface area (Å²) in [4.78, 5) is 23.8. The first-order valence-corrected chi connectivity index (χ1v) is 6.47. The third kappa shape index (κ3) is 2.36. The molecule has 1 amide bonds. The van der Waals surface area contributed by atoms with Crippen molar-refractivity contribution in [3.63, 3.8) is 0 Å². The number of hydrogen-bond donors (Lipinski definition) is 1. The largest absolute Gasteiger partial charge is 0.300 e. The van der Waals surface area contributed by atoms with Gasteiger partial charge in [-0.2, -0.15) is 5.10 Å². The van der Waals surface area contributed by atoms with Gasteiger partial charge in [-0.05, 0) is 32.9 Å². The number of nitrogens with one attached hydrogen (secondary N) is 1. The van der Waals surface area contributed by atoms with E-state index < -0.39 is 0 Å². The highest BCUT2D eigenvalue weighted by molar-refractivity contribution is 6.24. The zero-order valence-electron chi connectivity index (χ0n) is 12.1. The molecular weight excluding hydrogens is 256 g/mol. The molecule has 6 heteroatoms. The molecule has 106 valence electrons. The van der Waals surface area contributed by atoms with Crippen LogP contribution in [0, 0.1) is 6.92 Å². The number of carbonyl (C=O) groups excluding carboxylic acids is 1. The predicted octanol–water partition coefficient (Wildman–Crippen LogP) is 1.20. The van der Waals surface area contributed by atoms with Crippen LogP contribution in [0.3, 0.4) is 0 Å². The van der Waals surface area contributed by atoms with Crippen molar-refractivity contribution in [1.29, 1.82) is 0 Å². The Balaban J connectivity index is 2.26. The number of amides is 1. The number of nitrogens with zero attached hydrogens (tertiary/aromatic N) is 3. The fourth-order valence-electron chi connectivity index (χ4n) is 2.12. The summed E-state index contributed by atoms with van der Waals surface area (Å²) in [5, 5.41) is 8.51. The van der Waals surface area contributed by atoms with Crippen molar-refractivity contribution in [3.05, 3.63) is 39.3 Å². The van der Waals surface area contributed by atoms with Crippen LogP contribution in [0.15, 0.2) is 27.6 Å². The van der Waals surface area contributed by atoms with Crippen molar-refractivity contribution in [2.75, 3.05) is 6.54 Å². The van der Waals surface area contributed by atoms with Crippen molar-refractivity contribution in [2.24, 2.45) is 12.1 Å². The van der Waals surface area contributed by atoms with Gasteiger partial charge in [0.05, 0.1) is 16.8 Å². The van der Waals surface area contributed by atoms with Crippen molar-refractivity contribution in [3.8, 4) is 0 Å². The second-order valence-electron chi connectivity index (χ2n) is 4.66. The average Bonchev–Trinajstić information content (AvgIpc) is 2.81. The molecule has 1 aliphatic heterocycles. The summed E-state index contributed by atoms with van der Waals surface area (Å²) >= 11 is 0. The van der Waals surface area contributed by atoms with Crippen molar-refractivity contribution in [1.82, 2.24) is 14.8 Å². The third-order valence-corrected chi connectivity index (χ3v) is 3.23. The third-order valence-electron chi connectivity index (χ3n) is 3.23. The van der Waals surface area contributed by atoms with Crippen LogP contribution in [0.25, 0.3) is 6.08 Å². The maximum atomic E-state index is 12.0. The van der Waals surface area contributed by atoms with Gasteiger partial charge in [-0.15, -0.1) is 0 Å². The molecular formula is C14H18N4O2. The molecule has 1 aromatic heterocycles. The first-order chi connectivity index (χ1) is 9.45. The highest BCUT2D eigenvalue weighted by atomic mass is 16.2. The topological polar surface area (TPSA) is 70.5 Å². The van der Waals surface area contributed by atoms with Gasteiger partial charge in [0.2, 0.25) is 0 Å². The van der Waals surface area contributed by atoms with Crippen LogP contribution in [-0.2, 0) is 11.8 Å². The molecule has 2 rings (SSSR count). The van der Waals surface area contributed by atoms with E-state index in [1.807, 2.05) is 13.8 Å². The molecule has 1 aliphatic rings. The van der Waals surface area contributed by atoms with Crippen LogP contribution in [0.5, 0.6) is 0 Å². The number of likely N-dealkylation sites (N-methyl/N-ethyl adjacent to an activating group) is 1. The van der Waals surface area contributed by atoms with Gasteiger partial charge in [-0.3, -0.25) is 19.4 Å². The number of aryl methyl sites for hydroxylation is 2. The van der Waals surface area contributed by atoms with Gasteiger partial charge in [0.25, 0.3) is 11.5 Å². The molecule has 0 aromatic carbocycles. The second kappa shape index (κ2) is 5.32. The molecule has 1 N–H and O–H groups in total. The van der Waals surface area contributed by atoms with Crippen LogP contribution in [0.2, 0.25) is 0 Å². The van der Waals surface area contributed by atoms with Crippen LogP contribution >= 0.6 is 0 Å². The Morgan fingerprint density at radius 2 is 2.00 bits per heavy atom. The number of hydrogen-bond acceptors (Lipinski definition) is 3. The Labute approximate surface area is 117 Å². The summed E-state index contributed by atoms with van der Waals surface area (Å²) in [6.07, 6.45) is 5.11. The first kappa shape index (κ1) is 14.0. The smallest absolute Gasteiger partial charge is 0.275 e. The lowest BCUT2D eigenvalue weighted by Crippen LogP contribution is -2.21. The molecule has 0 unspecified atom stereocenters. The fourth-order valence-corrected chi connectivity index (χ4v) is 2.12. The Morgan fingerprint density at radius 1 is 1.30 bits per heavy atom. The van der Waals surface area contributed by atoms with E-state index in [-0.39, 0.29) is 11.5 Å². The summed E-state index contributed by atoms with van der Waals surface area (Å²) in [5.41, 5.74) is 2.56. The van der Waals surface area contributed by atoms with E-state index in [1.54, 1.807) is 32.2 Å². The minimum Gasteiger partial charge on any atom is -0.300 e. The molecule has 20 heavy (non-hydrogen) atoms. The van der Waals surface area contributed by atoms with Crippen LogP contribution in [0.4, 0.5) is 0 Å². The number of aromatic amines is 1. The van der Waals surface area contributed by atoms with Crippen molar-refractivity contribution in [2.45, 2.75) is 20.8 Å². The summed E-state index contributed by atoms with van der Waals surface area (Å²) in [6.45, 7) is 6.06. The van der Waals surface area contributed by atoms with Gasteiger partial charge < -0.3 is 0 Å². The Bertz CT molecular complexity index is 689. The van der Waals surface area contributed by atoms with Gasteiger partial charge in [-0.1, -0.05) is 6.08 Å². The Morgan fingerprint density at radius 3 is 2.50 bits per heavy atom. The van der Waals surface area contributed by atoms with Gasteiger partial charge in [0.1, 0.15) is 0 Å². The van der Waals surface area contributed by atoms with Crippen LogP contribution < -0.4 is 5.56 Å². The summed E-state index contributed by atoms with van der Waals surface area (Å²) in [7, 11) is 1.67. The fraction of sp³-hybridized carbons (Fsp3) is 0.357. The molecule has 0 spiro atoms. The van der Waals surface area contributed by atoms with E-state index in [0.717, 1.165) is 5.69 Å². The molecule has 0 bridgehead atoms. The lowest BCUT2D eigenvalue weighted by molar-refractivity contribution is -0.125. The number of rotatable bonds is 3. The molecule has 2 heterocycles. The second-order valence-corrected chi connectivity index (χ2v) is 4.66. The van der Waals surface area contributed by atoms with Crippen molar-refractivity contribution >= 4 is 17.7 Å². The molecule has 6 nitrogen and oxygen atoms in total. The summed E-state index contributed by atoms with van der Waals surface area (Å²) < 4.78 is 1.42. The average molecular weight is 274 g/mol. The summed E-state index contributed by atoms with van der Waals surface area (Å²) in [5.74, 6) is -0.103. The van der Waals surface area contributed by atoms with Crippen LogP contribution in [-0.4, -0.2) is 33.0 Å². The maximum absolute atomic E-state index is 12.0. The van der Waals surface area contributed by atoms with E-state index in [4.69, 9.17) is 0 Å². The van der Waals surface area contributed by atoms with Gasteiger partial charge in [-0.25, -0.2) is 5.01 Å². The molecule has 0 saturated carbocycles. The molecule has 0 radical (unpaired) electrons. The molecule has 0 fully saturated rings. The highest BCUT2D eigenvalue weighted by Crippen LogP contribution is 2.14. The number of allylic oxidation sites excluding steroid dienone is 2. The SMILES string of the molecule is CCN1N=C(C)C(=CC=Cc2c(C)[nH]n(C)c2=O)C1=O. The number of hydrazone groups is 1. The van der Waals surface area contributed by atoms with Gasteiger partial charge in [0, 0.05) is 19.3 Å². The van der Waals surface area contributed by atoms with E-state index in [9.17, 15) is 9.59 Å². The van der Waals surface area contributed by atoms with Crippen molar-refractivity contribution < 1.29 is 4.79 Å². The normalized spacial score (nSPS) is 17.6. The molecule has 0 aliphatic carbocycles. The maximum Gasteiger partial charge on any atom is 0.275 e. The Kier molecular flexibility index (Phi) is 3.74. The minimum absolute atomic E-state index is 0.0875. The molecule has 0 atom stereocenters. The van der Waals surface area contributed by atoms with E-state index in [1.165, 1.54) is 9.69 Å². The molecule has 0 saturated heterocycles. The number of aromatic nitrogens is 2. The zero-order valence-corrected chi connectivity index (χ0v) is 12.1. The van der Waals surface area contributed by atoms with E-state index >= 15 is 0 Å². The van der Waals surface area contributed by atoms with Crippen LogP contribution in [0.1, 0.15) is 25.1 Å². The monoisotopic (exact) mass is 274 g/mol. The zero-order chi connectivity index (χ0) is 14.9. The number of carbonyl (C=O) groups is 1. The van der Waals surface area contributed by atoms with Gasteiger partial charge in [0.15, 0.2) is 0 Å². The quantitative estimate of drug-likeness (QED) is 0.841. The lowest BCUT2D eigenvalue weighted by atomic mass is 10.1. The van der Waals surface area contributed by atoms with Gasteiger partial charge >= 0.3 is 0 Å². The highest BCUT2D eigenvalue weighted by Gasteiger charge is 2.25.